The number of methoxy groups -OCH3 is 2. The highest BCUT2D eigenvalue weighted by atomic mass is 16.5. The first-order valence-electron chi connectivity index (χ1n) is 9.37. The summed E-state index contributed by atoms with van der Waals surface area (Å²) >= 11 is 0. The van der Waals surface area contributed by atoms with Gasteiger partial charge in [0.1, 0.15) is 0 Å². The molecule has 0 spiro atoms. The van der Waals surface area contributed by atoms with E-state index in [0.717, 1.165) is 5.56 Å². The minimum atomic E-state index is -0.934. The molecule has 0 heterocycles. The number of hydrogen-bond acceptors (Lipinski definition) is 6. The predicted molar refractivity (Wildman–Crippen MR) is 111 cm³/mol. The van der Waals surface area contributed by atoms with Crippen molar-refractivity contribution in [2.45, 2.75) is 32.9 Å². The average Bonchev–Trinajstić information content (AvgIpc) is 2.72. The van der Waals surface area contributed by atoms with Gasteiger partial charge in [-0.3, -0.25) is 14.4 Å². The normalized spacial score (nSPS) is 11.2. The van der Waals surface area contributed by atoms with Crippen LogP contribution in [0.2, 0.25) is 0 Å². The van der Waals surface area contributed by atoms with Crippen LogP contribution in [0.3, 0.4) is 0 Å². The predicted octanol–water partition coefficient (Wildman–Crippen LogP) is 2.45. The summed E-state index contributed by atoms with van der Waals surface area (Å²) in [5.41, 5.74) is 2.17. The largest absolute Gasteiger partial charge is 0.493 e. The number of nitrogens with one attached hydrogen (secondary N) is 2. The first kappa shape index (κ1) is 22.7. The zero-order chi connectivity index (χ0) is 22.1. The van der Waals surface area contributed by atoms with E-state index in [4.69, 9.17) is 14.2 Å². The van der Waals surface area contributed by atoms with E-state index in [1.807, 2.05) is 6.07 Å². The molecule has 8 heteroatoms. The molecule has 0 fully saturated rings. The number of anilines is 1. The zero-order valence-electron chi connectivity index (χ0n) is 17.5. The summed E-state index contributed by atoms with van der Waals surface area (Å²) in [6.45, 7) is 3.19. The number of ether oxygens (including phenoxy) is 3. The van der Waals surface area contributed by atoms with Gasteiger partial charge in [-0.15, -0.1) is 0 Å². The molecular weight excluding hydrogens is 388 g/mol. The molecule has 0 radical (unpaired) electrons. The van der Waals surface area contributed by atoms with Gasteiger partial charge in [-0.1, -0.05) is 18.2 Å². The molecule has 0 aliphatic heterocycles. The number of benzene rings is 2. The van der Waals surface area contributed by atoms with Crippen molar-refractivity contribution in [2.75, 3.05) is 19.5 Å². The van der Waals surface area contributed by atoms with Crippen LogP contribution in [0.5, 0.6) is 11.5 Å². The number of hydrogen-bond donors (Lipinski definition) is 2. The maximum Gasteiger partial charge on any atom is 0.311 e. The summed E-state index contributed by atoms with van der Waals surface area (Å²) in [6, 6.07) is 12.2. The standard InChI is InChI=1S/C22H26N2O6/c1-14(22(27)23-13-17-7-10-19(28-3)20(11-17)29-4)30-21(26)12-16-5-8-18(9-6-16)24-15(2)25/h5-11,14H,12-13H2,1-4H3,(H,23,27)(H,24,25)/t14-/m0/s1. The van der Waals surface area contributed by atoms with Crippen molar-refractivity contribution in [1.29, 1.82) is 0 Å². The molecule has 0 aromatic heterocycles. The lowest BCUT2D eigenvalue weighted by Gasteiger charge is -2.14. The maximum atomic E-state index is 12.2. The molecule has 0 saturated heterocycles. The summed E-state index contributed by atoms with van der Waals surface area (Å²) in [4.78, 5) is 35.4. The minimum Gasteiger partial charge on any atom is -0.493 e. The van der Waals surface area contributed by atoms with Crippen LogP contribution in [0.1, 0.15) is 25.0 Å². The van der Waals surface area contributed by atoms with Gasteiger partial charge >= 0.3 is 5.97 Å². The van der Waals surface area contributed by atoms with Crippen molar-refractivity contribution < 1.29 is 28.6 Å². The van der Waals surface area contributed by atoms with Crippen molar-refractivity contribution >= 4 is 23.5 Å². The maximum absolute atomic E-state index is 12.2. The molecule has 2 rings (SSSR count). The Morgan fingerprint density at radius 3 is 2.17 bits per heavy atom. The lowest BCUT2D eigenvalue weighted by molar-refractivity contribution is -0.154. The van der Waals surface area contributed by atoms with E-state index >= 15 is 0 Å². The highest BCUT2D eigenvalue weighted by Gasteiger charge is 2.18. The molecule has 1 atom stereocenters. The SMILES string of the molecule is COc1ccc(CNC(=O)[C@H](C)OC(=O)Cc2ccc(NC(C)=O)cc2)cc1OC. The number of carbonyl (C=O) groups excluding carboxylic acids is 3. The van der Waals surface area contributed by atoms with Gasteiger partial charge in [-0.2, -0.15) is 0 Å². The first-order valence-corrected chi connectivity index (χ1v) is 9.37. The summed E-state index contributed by atoms with van der Waals surface area (Å²) in [5.74, 6) is 0.0681. The van der Waals surface area contributed by atoms with Crippen LogP contribution in [0.15, 0.2) is 42.5 Å². The fourth-order valence-electron chi connectivity index (χ4n) is 2.69. The third-order valence-electron chi connectivity index (χ3n) is 4.21. The van der Waals surface area contributed by atoms with Crippen molar-refractivity contribution in [3.8, 4) is 11.5 Å². The zero-order valence-corrected chi connectivity index (χ0v) is 17.5. The van der Waals surface area contributed by atoms with Crippen LogP contribution in [-0.4, -0.2) is 38.1 Å². The van der Waals surface area contributed by atoms with Crippen molar-refractivity contribution in [2.24, 2.45) is 0 Å². The summed E-state index contributed by atoms with van der Waals surface area (Å²) in [5, 5.41) is 5.38. The molecule has 30 heavy (non-hydrogen) atoms. The molecule has 2 aromatic carbocycles. The van der Waals surface area contributed by atoms with Crippen LogP contribution >= 0.6 is 0 Å². The van der Waals surface area contributed by atoms with E-state index in [0.29, 0.717) is 22.7 Å². The van der Waals surface area contributed by atoms with Crippen LogP contribution in [0.4, 0.5) is 5.69 Å². The Bertz CT molecular complexity index is 895. The highest BCUT2D eigenvalue weighted by Crippen LogP contribution is 2.27. The lowest BCUT2D eigenvalue weighted by Crippen LogP contribution is -2.35. The third kappa shape index (κ3) is 6.80. The van der Waals surface area contributed by atoms with Gasteiger partial charge in [0.25, 0.3) is 5.91 Å². The summed E-state index contributed by atoms with van der Waals surface area (Å²) < 4.78 is 15.6. The van der Waals surface area contributed by atoms with Gasteiger partial charge in [-0.25, -0.2) is 0 Å². The Hall–Kier alpha value is -3.55. The average molecular weight is 414 g/mol. The second kappa shape index (κ2) is 10.8. The molecule has 8 nitrogen and oxygen atoms in total. The quantitative estimate of drug-likeness (QED) is 0.611. The molecule has 2 N–H and O–H groups in total. The molecule has 0 aliphatic rings. The Kier molecular flexibility index (Phi) is 8.22. The molecule has 160 valence electrons. The van der Waals surface area contributed by atoms with Crippen molar-refractivity contribution in [3.05, 3.63) is 53.6 Å². The van der Waals surface area contributed by atoms with Crippen molar-refractivity contribution in [1.82, 2.24) is 5.32 Å². The van der Waals surface area contributed by atoms with E-state index < -0.39 is 18.0 Å². The lowest BCUT2D eigenvalue weighted by atomic mass is 10.1. The van der Waals surface area contributed by atoms with Gasteiger partial charge in [0.05, 0.1) is 20.6 Å². The molecule has 0 unspecified atom stereocenters. The topological polar surface area (TPSA) is 103 Å². The van der Waals surface area contributed by atoms with Gasteiger partial charge in [0.15, 0.2) is 17.6 Å². The molecule has 2 amide bonds. The molecule has 0 saturated carbocycles. The fourth-order valence-corrected chi connectivity index (χ4v) is 2.69. The highest BCUT2D eigenvalue weighted by molar-refractivity contribution is 5.88. The Labute approximate surface area is 175 Å². The second-order valence-corrected chi connectivity index (χ2v) is 6.59. The summed E-state index contributed by atoms with van der Waals surface area (Å²) in [7, 11) is 3.09. The molecule has 0 bridgehead atoms. The number of rotatable bonds is 9. The van der Waals surface area contributed by atoms with Crippen LogP contribution in [0.25, 0.3) is 0 Å². The Morgan fingerprint density at radius 1 is 0.933 bits per heavy atom. The van der Waals surface area contributed by atoms with Gasteiger partial charge in [0, 0.05) is 19.2 Å². The third-order valence-corrected chi connectivity index (χ3v) is 4.21. The van der Waals surface area contributed by atoms with Gasteiger partial charge < -0.3 is 24.8 Å². The van der Waals surface area contributed by atoms with Gasteiger partial charge in [-0.05, 0) is 42.3 Å². The Balaban J connectivity index is 1.83. The number of esters is 1. The Morgan fingerprint density at radius 2 is 1.57 bits per heavy atom. The van der Waals surface area contributed by atoms with E-state index in [9.17, 15) is 14.4 Å². The van der Waals surface area contributed by atoms with E-state index in [1.54, 1.807) is 43.5 Å². The van der Waals surface area contributed by atoms with Crippen LogP contribution in [0, 0.1) is 0 Å². The summed E-state index contributed by atoms with van der Waals surface area (Å²) in [6.07, 6.45) is -0.913. The van der Waals surface area contributed by atoms with Crippen LogP contribution in [-0.2, 0) is 32.1 Å². The van der Waals surface area contributed by atoms with E-state index in [-0.39, 0.29) is 18.9 Å². The first-order chi connectivity index (χ1) is 14.3. The monoisotopic (exact) mass is 414 g/mol. The van der Waals surface area contributed by atoms with Crippen LogP contribution < -0.4 is 20.1 Å². The number of amides is 2. The fraction of sp³-hybridized carbons (Fsp3) is 0.318. The minimum absolute atomic E-state index is 0.0215. The molecule has 0 aliphatic carbocycles. The van der Waals surface area contributed by atoms with E-state index in [1.165, 1.54) is 21.0 Å². The smallest absolute Gasteiger partial charge is 0.311 e. The van der Waals surface area contributed by atoms with Gasteiger partial charge in [0.2, 0.25) is 5.91 Å². The molecule has 2 aromatic rings. The van der Waals surface area contributed by atoms with Crippen molar-refractivity contribution in [3.63, 3.8) is 0 Å². The molecular formula is C22H26N2O6. The second-order valence-electron chi connectivity index (χ2n) is 6.59. The van der Waals surface area contributed by atoms with E-state index in [2.05, 4.69) is 10.6 Å². The number of carbonyl (C=O) groups is 3.